The third-order valence-electron chi connectivity index (χ3n) is 3.44. The van der Waals surface area contributed by atoms with E-state index in [2.05, 4.69) is 50.2 Å². The number of rotatable bonds is 4. The lowest BCUT2D eigenvalue weighted by Gasteiger charge is -2.25. The molecule has 0 bridgehead atoms. The van der Waals surface area contributed by atoms with Crippen molar-refractivity contribution < 1.29 is 4.74 Å². The molecular weight excluding hydrogens is 234 g/mol. The summed E-state index contributed by atoms with van der Waals surface area (Å²) in [5, 5.41) is 0. The molecule has 0 aromatic heterocycles. The standard InChI is InChI=1S/C17H21NO/c1-13-4-8-15(9-5-13)17(2,18)12-14-6-10-16(19-3)11-7-14/h4-11H,12,18H2,1-3H3. The second kappa shape index (κ2) is 5.45. The topological polar surface area (TPSA) is 35.2 Å². The van der Waals surface area contributed by atoms with Gasteiger partial charge >= 0.3 is 0 Å². The zero-order valence-corrected chi connectivity index (χ0v) is 11.8. The fourth-order valence-electron chi connectivity index (χ4n) is 2.20. The number of hydrogen-bond acceptors (Lipinski definition) is 2. The monoisotopic (exact) mass is 255 g/mol. The average Bonchev–Trinajstić information content (AvgIpc) is 2.40. The Hall–Kier alpha value is -1.80. The van der Waals surface area contributed by atoms with Gasteiger partial charge in [-0.3, -0.25) is 0 Å². The minimum atomic E-state index is -0.359. The van der Waals surface area contributed by atoms with Crippen LogP contribution >= 0.6 is 0 Å². The third kappa shape index (κ3) is 3.36. The van der Waals surface area contributed by atoms with Gasteiger partial charge in [-0.2, -0.15) is 0 Å². The van der Waals surface area contributed by atoms with Gasteiger partial charge in [0.15, 0.2) is 0 Å². The van der Waals surface area contributed by atoms with Crippen LogP contribution in [0, 0.1) is 6.92 Å². The predicted molar refractivity (Wildman–Crippen MR) is 79.4 cm³/mol. The van der Waals surface area contributed by atoms with Gasteiger partial charge in [-0.05, 0) is 43.5 Å². The lowest BCUT2D eigenvalue weighted by molar-refractivity contribution is 0.414. The van der Waals surface area contributed by atoms with Crippen LogP contribution in [0.25, 0.3) is 0 Å². The van der Waals surface area contributed by atoms with Crippen molar-refractivity contribution in [2.45, 2.75) is 25.8 Å². The fraction of sp³-hybridized carbons (Fsp3) is 0.294. The van der Waals surface area contributed by atoms with Crippen LogP contribution in [0.1, 0.15) is 23.6 Å². The van der Waals surface area contributed by atoms with Crippen LogP contribution in [-0.4, -0.2) is 7.11 Å². The van der Waals surface area contributed by atoms with Crippen LogP contribution in [0.2, 0.25) is 0 Å². The van der Waals surface area contributed by atoms with Gasteiger partial charge < -0.3 is 10.5 Å². The van der Waals surface area contributed by atoms with E-state index in [4.69, 9.17) is 10.5 Å². The molecule has 2 heteroatoms. The van der Waals surface area contributed by atoms with Crippen LogP contribution in [0.5, 0.6) is 5.75 Å². The van der Waals surface area contributed by atoms with Crippen molar-refractivity contribution in [3.05, 3.63) is 65.2 Å². The number of methoxy groups -OCH3 is 1. The smallest absolute Gasteiger partial charge is 0.118 e. The van der Waals surface area contributed by atoms with Crippen molar-refractivity contribution in [1.82, 2.24) is 0 Å². The Bertz CT molecular complexity index is 526. The summed E-state index contributed by atoms with van der Waals surface area (Å²) in [5.74, 6) is 0.873. The Kier molecular flexibility index (Phi) is 3.91. The van der Waals surface area contributed by atoms with E-state index in [1.807, 2.05) is 12.1 Å². The lowest BCUT2D eigenvalue weighted by Crippen LogP contribution is -2.35. The highest BCUT2D eigenvalue weighted by molar-refractivity contribution is 5.32. The van der Waals surface area contributed by atoms with Gasteiger partial charge in [0.1, 0.15) is 5.75 Å². The molecule has 2 nitrogen and oxygen atoms in total. The Labute approximate surface area is 115 Å². The van der Waals surface area contributed by atoms with E-state index in [1.165, 1.54) is 11.1 Å². The number of benzene rings is 2. The maximum atomic E-state index is 6.46. The molecule has 0 spiro atoms. The predicted octanol–water partition coefficient (Wildman–Crippen LogP) is 3.42. The van der Waals surface area contributed by atoms with Crippen LogP contribution < -0.4 is 10.5 Å². The Balaban J connectivity index is 2.17. The van der Waals surface area contributed by atoms with Crippen molar-refractivity contribution in [2.75, 3.05) is 7.11 Å². The van der Waals surface area contributed by atoms with Crippen LogP contribution in [0.4, 0.5) is 0 Å². The molecule has 0 aliphatic heterocycles. The largest absolute Gasteiger partial charge is 0.497 e. The number of nitrogens with two attached hydrogens (primary N) is 1. The molecule has 19 heavy (non-hydrogen) atoms. The molecule has 0 radical (unpaired) electrons. The summed E-state index contributed by atoms with van der Waals surface area (Å²) in [6, 6.07) is 16.5. The van der Waals surface area contributed by atoms with E-state index in [0.29, 0.717) is 0 Å². The first-order valence-corrected chi connectivity index (χ1v) is 6.50. The van der Waals surface area contributed by atoms with Crippen molar-refractivity contribution in [3.63, 3.8) is 0 Å². The molecule has 100 valence electrons. The molecule has 2 N–H and O–H groups in total. The highest BCUT2D eigenvalue weighted by Crippen LogP contribution is 2.24. The first kappa shape index (κ1) is 13.6. The first-order valence-electron chi connectivity index (χ1n) is 6.50. The molecule has 1 atom stereocenters. The summed E-state index contributed by atoms with van der Waals surface area (Å²) in [6.45, 7) is 4.16. The number of hydrogen-bond donors (Lipinski definition) is 1. The molecule has 0 heterocycles. The van der Waals surface area contributed by atoms with E-state index < -0.39 is 0 Å². The maximum Gasteiger partial charge on any atom is 0.118 e. The number of aryl methyl sites for hydroxylation is 1. The fourth-order valence-corrected chi connectivity index (χ4v) is 2.20. The normalized spacial score (nSPS) is 13.9. The summed E-state index contributed by atoms with van der Waals surface area (Å²) in [4.78, 5) is 0. The van der Waals surface area contributed by atoms with Crippen LogP contribution in [-0.2, 0) is 12.0 Å². The molecule has 0 aliphatic carbocycles. The first-order chi connectivity index (χ1) is 9.01. The summed E-state index contributed by atoms with van der Waals surface area (Å²) in [7, 11) is 1.67. The Morgan fingerprint density at radius 3 is 2.11 bits per heavy atom. The van der Waals surface area contributed by atoms with Gasteiger partial charge in [0.2, 0.25) is 0 Å². The van der Waals surface area contributed by atoms with Gasteiger partial charge in [-0.15, -0.1) is 0 Å². The zero-order chi connectivity index (χ0) is 13.9. The second-order valence-electron chi connectivity index (χ2n) is 5.31. The molecule has 2 aromatic rings. The van der Waals surface area contributed by atoms with E-state index in [9.17, 15) is 0 Å². The SMILES string of the molecule is COc1ccc(CC(C)(N)c2ccc(C)cc2)cc1. The molecule has 2 rings (SSSR count). The molecule has 0 amide bonds. The Morgan fingerprint density at radius 1 is 1.00 bits per heavy atom. The quantitative estimate of drug-likeness (QED) is 0.908. The summed E-state index contributed by atoms with van der Waals surface area (Å²) < 4.78 is 5.17. The molecule has 0 saturated heterocycles. The van der Waals surface area contributed by atoms with Gasteiger partial charge in [-0.1, -0.05) is 42.0 Å². The lowest BCUT2D eigenvalue weighted by atomic mass is 9.86. The van der Waals surface area contributed by atoms with Gasteiger partial charge in [-0.25, -0.2) is 0 Å². The van der Waals surface area contributed by atoms with E-state index in [-0.39, 0.29) is 5.54 Å². The summed E-state index contributed by atoms with van der Waals surface area (Å²) in [6.07, 6.45) is 0.806. The second-order valence-corrected chi connectivity index (χ2v) is 5.31. The molecule has 0 saturated carbocycles. The van der Waals surface area contributed by atoms with Crippen molar-refractivity contribution in [3.8, 4) is 5.75 Å². The van der Waals surface area contributed by atoms with E-state index in [0.717, 1.165) is 17.7 Å². The highest BCUT2D eigenvalue weighted by Gasteiger charge is 2.21. The maximum absolute atomic E-state index is 6.46. The average molecular weight is 255 g/mol. The molecule has 2 aromatic carbocycles. The molecule has 1 unspecified atom stereocenters. The highest BCUT2D eigenvalue weighted by atomic mass is 16.5. The molecule has 0 fully saturated rings. The van der Waals surface area contributed by atoms with Crippen LogP contribution in [0.15, 0.2) is 48.5 Å². The van der Waals surface area contributed by atoms with Crippen LogP contribution in [0.3, 0.4) is 0 Å². The van der Waals surface area contributed by atoms with Crippen molar-refractivity contribution in [1.29, 1.82) is 0 Å². The summed E-state index contributed by atoms with van der Waals surface area (Å²) in [5.41, 5.74) is 9.73. The Morgan fingerprint density at radius 2 is 1.58 bits per heavy atom. The molecule has 0 aliphatic rings. The van der Waals surface area contributed by atoms with Crippen molar-refractivity contribution in [2.24, 2.45) is 5.73 Å². The minimum Gasteiger partial charge on any atom is -0.497 e. The van der Waals surface area contributed by atoms with Crippen molar-refractivity contribution >= 4 is 0 Å². The zero-order valence-electron chi connectivity index (χ0n) is 11.8. The number of ether oxygens (including phenoxy) is 1. The van der Waals surface area contributed by atoms with E-state index in [1.54, 1.807) is 7.11 Å². The molecular formula is C17H21NO. The van der Waals surface area contributed by atoms with Gasteiger partial charge in [0, 0.05) is 5.54 Å². The van der Waals surface area contributed by atoms with E-state index >= 15 is 0 Å². The minimum absolute atomic E-state index is 0.359. The third-order valence-corrected chi connectivity index (χ3v) is 3.44. The van der Waals surface area contributed by atoms with Gasteiger partial charge in [0.25, 0.3) is 0 Å². The summed E-state index contributed by atoms with van der Waals surface area (Å²) >= 11 is 0. The van der Waals surface area contributed by atoms with Gasteiger partial charge in [0.05, 0.1) is 7.11 Å².